The van der Waals surface area contributed by atoms with Gasteiger partial charge in [0.05, 0.1) is 25.4 Å². The van der Waals surface area contributed by atoms with Gasteiger partial charge in [-0.2, -0.15) is 5.10 Å². The highest BCUT2D eigenvalue weighted by molar-refractivity contribution is 5.47. The number of hydrogen-bond acceptors (Lipinski definition) is 6. The predicted molar refractivity (Wildman–Crippen MR) is 94.4 cm³/mol. The molecule has 7 nitrogen and oxygen atoms in total. The number of hydrogen-bond donors (Lipinski definition) is 1. The molecule has 4 rings (SSSR count). The molecule has 2 fully saturated rings. The highest BCUT2D eigenvalue weighted by Crippen LogP contribution is 2.32. The first-order chi connectivity index (χ1) is 12.3. The van der Waals surface area contributed by atoms with E-state index in [1.54, 1.807) is 13.4 Å². The molecule has 1 N–H and O–H groups in total. The van der Waals surface area contributed by atoms with Gasteiger partial charge in [0.15, 0.2) is 0 Å². The number of H-pyrrole nitrogens is 1. The zero-order valence-electron chi connectivity index (χ0n) is 14.6. The number of nitrogens with one attached hydrogen (secondary N) is 1. The number of rotatable bonds is 5. The van der Waals surface area contributed by atoms with Crippen LogP contribution >= 0.6 is 0 Å². The van der Waals surface area contributed by atoms with Gasteiger partial charge in [0, 0.05) is 39.0 Å². The third-order valence-corrected chi connectivity index (χ3v) is 5.15. The monoisotopic (exact) mass is 343 g/mol. The lowest BCUT2D eigenvalue weighted by molar-refractivity contribution is 0.107. The first-order valence-corrected chi connectivity index (χ1v) is 8.87. The van der Waals surface area contributed by atoms with E-state index in [4.69, 9.17) is 9.47 Å². The van der Waals surface area contributed by atoms with E-state index in [0.717, 1.165) is 51.6 Å². The summed E-state index contributed by atoms with van der Waals surface area (Å²) >= 11 is 0. The lowest BCUT2D eigenvalue weighted by Crippen LogP contribution is -2.36. The maximum Gasteiger partial charge on any atom is 0.141 e. The minimum Gasteiger partial charge on any atom is -0.380 e. The number of benzene rings is 1. The van der Waals surface area contributed by atoms with Crippen LogP contribution < -0.4 is 4.90 Å². The summed E-state index contributed by atoms with van der Waals surface area (Å²) in [5, 5.41) is 7.02. The van der Waals surface area contributed by atoms with Crippen LogP contribution in [0.4, 0.5) is 5.69 Å². The largest absolute Gasteiger partial charge is 0.380 e. The molecule has 0 radical (unpaired) electrons. The van der Waals surface area contributed by atoms with Gasteiger partial charge < -0.3 is 14.4 Å². The molecule has 3 heterocycles. The zero-order chi connectivity index (χ0) is 17.1. The summed E-state index contributed by atoms with van der Waals surface area (Å²) < 4.78 is 11.0. The molecule has 2 saturated heterocycles. The van der Waals surface area contributed by atoms with Crippen molar-refractivity contribution in [2.45, 2.75) is 25.1 Å². The van der Waals surface area contributed by atoms with Crippen LogP contribution in [0.25, 0.3) is 0 Å². The van der Waals surface area contributed by atoms with Crippen LogP contribution in [-0.2, 0) is 16.0 Å². The number of likely N-dealkylation sites (tertiary alicyclic amines) is 1. The molecule has 2 aliphatic rings. The van der Waals surface area contributed by atoms with Crippen molar-refractivity contribution in [2.75, 3.05) is 44.9 Å². The van der Waals surface area contributed by atoms with Crippen molar-refractivity contribution >= 4 is 5.69 Å². The Morgan fingerprint density at radius 1 is 1.24 bits per heavy atom. The van der Waals surface area contributed by atoms with Crippen LogP contribution in [0.15, 0.2) is 30.6 Å². The Kier molecular flexibility index (Phi) is 4.96. The highest BCUT2D eigenvalue weighted by atomic mass is 16.5. The summed E-state index contributed by atoms with van der Waals surface area (Å²) in [7, 11) is 1.78. The van der Waals surface area contributed by atoms with Gasteiger partial charge in [0.1, 0.15) is 12.2 Å². The van der Waals surface area contributed by atoms with Gasteiger partial charge in [0.2, 0.25) is 0 Å². The fourth-order valence-electron chi connectivity index (χ4n) is 3.74. The van der Waals surface area contributed by atoms with Crippen LogP contribution in [-0.4, -0.2) is 66.1 Å². The Morgan fingerprint density at radius 3 is 2.72 bits per heavy atom. The van der Waals surface area contributed by atoms with E-state index < -0.39 is 0 Å². The summed E-state index contributed by atoms with van der Waals surface area (Å²) in [4.78, 5) is 9.14. The van der Waals surface area contributed by atoms with Crippen molar-refractivity contribution in [2.24, 2.45) is 0 Å². The molecule has 7 heteroatoms. The molecule has 0 unspecified atom stereocenters. The summed E-state index contributed by atoms with van der Waals surface area (Å²) in [5.41, 5.74) is 2.58. The topological polar surface area (TPSA) is 66.5 Å². The number of aromatic amines is 1. The second kappa shape index (κ2) is 7.51. The third-order valence-electron chi connectivity index (χ3n) is 5.15. The molecule has 2 aliphatic heterocycles. The first kappa shape index (κ1) is 16.5. The van der Waals surface area contributed by atoms with E-state index in [1.807, 2.05) is 0 Å². The molecule has 0 saturated carbocycles. The maximum absolute atomic E-state index is 5.58. The Morgan fingerprint density at radius 2 is 2.04 bits per heavy atom. The van der Waals surface area contributed by atoms with E-state index in [0.29, 0.717) is 0 Å². The van der Waals surface area contributed by atoms with Crippen molar-refractivity contribution in [3.8, 4) is 0 Å². The first-order valence-electron chi connectivity index (χ1n) is 8.87. The number of aromatic nitrogens is 3. The van der Waals surface area contributed by atoms with Crippen molar-refractivity contribution in [3.63, 3.8) is 0 Å². The average Bonchev–Trinajstić information content (AvgIpc) is 3.32. The highest BCUT2D eigenvalue weighted by Gasteiger charge is 2.34. The molecular weight excluding hydrogens is 318 g/mol. The SMILES string of the molecule is CO[C@@H]1C[C@@H](c2ncn[nH]2)N(Cc2ccc(N3CCOCC3)cc2)C1. The minimum absolute atomic E-state index is 0.228. The minimum atomic E-state index is 0.228. The summed E-state index contributed by atoms with van der Waals surface area (Å²) in [6.07, 6.45) is 2.75. The molecule has 0 amide bonds. The molecule has 0 spiro atoms. The Hall–Kier alpha value is -1.96. The van der Waals surface area contributed by atoms with Crippen LogP contribution in [0.2, 0.25) is 0 Å². The lowest BCUT2D eigenvalue weighted by Gasteiger charge is -2.29. The smallest absolute Gasteiger partial charge is 0.141 e. The van der Waals surface area contributed by atoms with Crippen molar-refractivity contribution < 1.29 is 9.47 Å². The quantitative estimate of drug-likeness (QED) is 0.890. The summed E-state index contributed by atoms with van der Waals surface area (Å²) in [6.45, 7) is 5.35. The van der Waals surface area contributed by atoms with E-state index in [9.17, 15) is 0 Å². The standard InChI is InChI=1S/C18H25N5O2/c1-24-16-10-17(18-19-13-20-21-18)23(12-16)11-14-2-4-15(5-3-14)22-6-8-25-9-7-22/h2-5,13,16-17H,6-12H2,1H3,(H,19,20,21)/t16-,17+/m1/s1. The Balaban J connectivity index is 1.44. The second-order valence-corrected chi connectivity index (χ2v) is 6.68. The van der Waals surface area contributed by atoms with E-state index in [2.05, 4.69) is 49.2 Å². The molecule has 0 aliphatic carbocycles. The van der Waals surface area contributed by atoms with Gasteiger partial charge in [-0.25, -0.2) is 4.98 Å². The molecule has 1 aromatic heterocycles. The van der Waals surface area contributed by atoms with Gasteiger partial charge in [0.25, 0.3) is 0 Å². The zero-order valence-corrected chi connectivity index (χ0v) is 14.6. The van der Waals surface area contributed by atoms with Crippen molar-refractivity contribution in [1.29, 1.82) is 0 Å². The van der Waals surface area contributed by atoms with Gasteiger partial charge in [-0.15, -0.1) is 0 Å². The van der Waals surface area contributed by atoms with Crippen LogP contribution in [0, 0.1) is 0 Å². The van der Waals surface area contributed by atoms with E-state index in [1.165, 1.54) is 11.3 Å². The summed E-state index contributed by atoms with van der Waals surface area (Å²) in [5.74, 6) is 0.921. The fourth-order valence-corrected chi connectivity index (χ4v) is 3.74. The van der Waals surface area contributed by atoms with Crippen molar-refractivity contribution in [3.05, 3.63) is 42.0 Å². The second-order valence-electron chi connectivity index (χ2n) is 6.68. The van der Waals surface area contributed by atoms with Crippen LogP contribution in [0.5, 0.6) is 0 Å². The molecule has 2 aromatic rings. The number of methoxy groups -OCH3 is 1. The number of ether oxygens (including phenoxy) is 2. The Labute approximate surface area is 147 Å². The predicted octanol–water partition coefficient (Wildman–Crippen LogP) is 1.60. The van der Waals surface area contributed by atoms with Gasteiger partial charge >= 0.3 is 0 Å². The van der Waals surface area contributed by atoms with Crippen LogP contribution in [0.3, 0.4) is 0 Å². The van der Waals surface area contributed by atoms with Crippen LogP contribution in [0.1, 0.15) is 23.9 Å². The molecular formula is C18H25N5O2. The molecule has 0 bridgehead atoms. The molecule has 134 valence electrons. The maximum atomic E-state index is 5.58. The van der Waals surface area contributed by atoms with Gasteiger partial charge in [-0.3, -0.25) is 10.00 Å². The summed E-state index contributed by atoms with van der Waals surface area (Å²) in [6, 6.07) is 9.11. The van der Waals surface area contributed by atoms with E-state index in [-0.39, 0.29) is 12.1 Å². The average molecular weight is 343 g/mol. The lowest BCUT2D eigenvalue weighted by atomic mass is 10.1. The third kappa shape index (κ3) is 3.68. The Bertz CT molecular complexity index is 655. The van der Waals surface area contributed by atoms with Crippen molar-refractivity contribution in [1.82, 2.24) is 20.1 Å². The number of morpholine rings is 1. The number of nitrogens with zero attached hydrogens (tertiary/aromatic N) is 4. The molecule has 1 aromatic carbocycles. The normalized spacial score (nSPS) is 24.8. The van der Waals surface area contributed by atoms with Gasteiger partial charge in [-0.1, -0.05) is 12.1 Å². The number of anilines is 1. The van der Waals surface area contributed by atoms with Gasteiger partial charge in [-0.05, 0) is 24.1 Å². The van der Waals surface area contributed by atoms with E-state index >= 15 is 0 Å². The fraction of sp³-hybridized carbons (Fsp3) is 0.556. The molecule has 2 atom stereocenters. The molecule has 25 heavy (non-hydrogen) atoms.